The molecule has 0 aliphatic carbocycles. The molecule has 1 N–H and O–H groups in total. The van der Waals surface area contributed by atoms with E-state index in [0.29, 0.717) is 11.1 Å². The number of rotatable bonds is 9. The van der Waals surface area contributed by atoms with E-state index < -0.39 is 36.3 Å². The molecule has 0 heterocycles. The molecule has 29 heavy (non-hydrogen) atoms. The minimum absolute atomic E-state index is 0.0759. The van der Waals surface area contributed by atoms with Crippen LogP contribution >= 0.6 is 15.9 Å². The Hall–Kier alpha value is -2.13. The second-order valence-corrected chi connectivity index (χ2v) is 7.09. The second-order valence-electron chi connectivity index (χ2n) is 6.17. The van der Waals surface area contributed by atoms with Crippen molar-refractivity contribution in [2.24, 2.45) is 5.92 Å². The van der Waals surface area contributed by atoms with Crippen LogP contribution in [-0.2, 0) is 16.0 Å². The molecule has 2 aromatic carbocycles. The lowest BCUT2D eigenvalue weighted by Gasteiger charge is -2.22. The van der Waals surface area contributed by atoms with Crippen LogP contribution in [0.25, 0.3) is 0 Å². The van der Waals surface area contributed by atoms with Crippen LogP contribution in [0.3, 0.4) is 0 Å². The summed E-state index contributed by atoms with van der Waals surface area (Å²) in [5.41, 5.74) is 0.796. The summed E-state index contributed by atoms with van der Waals surface area (Å²) in [6, 6.07) is 11.7. The van der Waals surface area contributed by atoms with Gasteiger partial charge >= 0.3 is 18.5 Å². The molecule has 0 radical (unpaired) electrons. The van der Waals surface area contributed by atoms with Crippen molar-refractivity contribution >= 4 is 21.9 Å². The van der Waals surface area contributed by atoms with Gasteiger partial charge in [0.25, 0.3) is 0 Å². The van der Waals surface area contributed by atoms with Crippen LogP contribution in [0, 0.1) is 5.92 Å². The Bertz CT molecular complexity index is 814. The number of aliphatic hydroxyl groups is 1. The van der Waals surface area contributed by atoms with E-state index in [9.17, 15) is 27.5 Å². The Morgan fingerprint density at radius 1 is 1.17 bits per heavy atom. The van der Waals surface area contributed by atoms with Crippen LogP contribution in [0.4, 0.5) is 17.6 Å². The van der Waals surface area contributed by atoms with Crippen LogP contribution in [0.15, 0.2) is 53.0 Å². The lowest BCUT2D eigenvalue weighted by Crippen LogP contribution is -2.33. The zero-order valence-corrected chi connectivity index (χ0v) is 16.9. The van der Waals surface area contributed by atoms with Gasteiger partial charge in [-0.1, -0.05) is 40.2 Å². The predicted octanol–water partition coefficient (Wildman–Crippen LogP) is 5.14. The van der Waals surface area contributed by atoms with E-state index >= 15 is 0 Å². The highest BCUT2D eigenvalue weighted by Crippen LogP contribution is 2.31. The monoisotopic (exact) mass is 478 g/mol. The molecule has 0 aliphatic rings. The van der Waals surface area contributed by atoms with Crippen molar-refractivity contribution in [1.82, 2.24) is 0 Å². The van der Waals surface area contributed by atoms with Gasteiger partial charge in [-0.05, 0) is 48.7 Å². The summed E-state index contributed by atoms with van der Waals surface area (Å²) in [6.45, 7) is 1.70. The third kappa shape index (κ3) is 6.43. The third-order valence-corrected chi connectivity index (χ3v) is 4.57. The maximum absolute atomic E-state index is 13.1. The van der Waals surface area contributed by atoms with E-state index in [1.165, 1.54) is 12.1 Å². The minimum atomic E-state index is -4.64. The SMILES string of the molecule is CCOC(=O)C(Cc1cccc(OC(F)(F)C(F)F)c1)C(O)c1ccc(Br)cc1. The molecule has 9 heteroatoms. The van der Waals surface area contributed by atoms with Crippen molar-refractivity contribution in [2.45, 2.75) is 32.0 Å². The second kappa shape index (κ2) is 10.1. The molecule has 0 aliphatic heterocycles. The van der Waals surface area contributed by atoms with Gasteiger partial charge in [0.15, 0.2) is 0 Å². The Kier molecular flexibility index (Phi) is 8.04. The summed E-state index contributed by atoms with van der Waals surface area (Å²) in [5, 5.41) is 10.7. The number of hydrogen-bond acceptors (Lipinski definition) is 4. The van der Waals surface area contributed by atoms with Crippen molar-refractivity contribution in [1.29, 1.82) is 0 Å². The number of hydrogen-bond donors (Lipinski definition) is 1. The molecule has 2 unspecified atom stereocenters. The van der Waals surface area contributed by atoms with Crippen molar-refractivity contribution in [3.05, 3.63) is 64.1 Å². The fourth-order valence-corrected chi connectivity index (χ4v) is 2.92. The smallest absolute Gasteiger partial charge is 0.461 e. The first kappa shape index (κ1) is 23.2. The molecule has 4 nitrogen and oxygen atoms in total. The average molecular weight is 479 g/mol. The maximum atomic E-state index is 13.1. The highest BCUT2D eigenvalue weighted by Gasteiger charge is 2.44. The van der Waals surface area contributed by atoms with Crippen LogP contribution in [0.1, 0.15) is 24.2 Å². The fraction of sp³-hybridized carbons (Fsp3) is 0.350. The average Bonchev–Trinajstić information content (AvgIpc) is 2.66. The van der Waals surface area contributed by atoms with E-state index in [0.717, 1.165) is 16.6 Å². The van der Waals surface area contributed by atoms with Gasteiger partial charge < -0.3 is 14.6 Å². The van der Waals surface area contributed by atoms with Crippen molar-refractivity contribution in [2.75, 3.05) is 6.61 Å². The van der Waals surface area contributed by atoms with Crippen molar-refractivity contribution in [3.63, 3.8) is 0 Å². The summed E-state index contributed by atoms with van der Waals surface area (Å²) in [4.78, 5) is 12.4. The summed E-state index contributed by atoms with van der Waals surface area (Å²) in [7, 11) is 0. The lowest BCUT2D eigenvalue weighted by atomic mass is 9.89. The fourth-order valence-electron chi connectivity index (χ4n) is 2.66. The van der Waals surface area contributed by atoms with E-state index in [2.05, 4.69) is 20.7 Å². The number of benzene rings is 2. The lowest BCUT2D eigenvalue weighted by molar-refractivity contribution is -0.253. The van der Waals surface area contributed by atoms with E-state index in [1.54, 1.807) is 31.2 Å². The Morgan fingerprint density at radius 3 is 2.41 bits per heavy atom. The maximum Gasteiger partial charge on any atom is 0.461 e. The summed E-state index contributed by atoms with van der Waals surface area (Å²) in [5.74, 6) is -2.19. The number of halogens is 5. The number of carbonyl (C=O) groups is 1. The van der Waals surface area contributed by atoms with E-state index in [-0.39, 0.29) is 13.0 Å². The van der Waals surface area contributed by atoms with Gasteiger partial charge in [0.1, 0.15) is 5.75 Å². The molecular weight excluding hydrogens is 460 g/mol. The molecule has 0 aromatic heterocycles. The number of aliphatic hydroxyl groups excluding tert-OH is 1. The zero-order chi connectivity index (χ0) is 21.6. The topological polar surface area (TPSA) is 55.8 Å². The number of esters is 1. The quantitative estimate of drug-likeness (QED) is 0.400. The molecule has 0 saturated heterocycles. The van der Waals surface area contributed by atoms with Gasteiger partial charge in [-0.2, -0.15) is 17.6 Å². The highest BCUT2D eigenvalue weighted by atomic mass is 79.9. The summed E-state index contributed by atoms with van der Waals surface area (Å²) in [6.07, 6.45) is -9.93. The molecule has 0 spiro atoms. The van der Waals surface area contributed by atoms with Crippen molar-refractivity contribution < 1.29 is 36.9 Å². The Morgan fingerprint density at radius 2 is 1.83 bits per heavy atom. The first-order valence-corrected chi connectivity index (χ1v) is 9.47. The van der Waals surface area contributed by atoms with Crippen LogP contribution in [0.5, 0.6) is 5.75 Å². The first-order valence-electron chi connectivity index (χ1n) is 8.68. The minimum Gasteiger partial charge on any atom is -0.466 e. The zero-order valence-electron chi connectivity index (χ0n) is 15.3. The molecule has 2 rings (SSSR count). The summed E-state index contributed by atoms with van der Waals surface area (Å²) >= 11 is 3.28. The normalized spacial score (nSPS) is 13.8. The standard InChI is InChI=1S/C20H19BrF4O4/c1-2-28-18(27)16(17(26)13-6-8-14(21)9-7-13)11-12-4-3-5-15(10-12)29-20(24,25)19(22)23/h3-10,16-17,19,26H,2,11H2,1H3. The van der Waals surface area contributed by atoms with Gasteiger partial charge in [0, 0.05) is 4.47 Å². The Balaban J connectivity index is 2.26. The molecule has 2 atom stereocenters. The van der Waals surface area contributed by atoms with Crippen molar-refractivity contribution in [3.8, 4) is 5.75 Å². The molecule has 0 fully saturated rings. The molecule has 0 saturated carbocycles. The van der Waals surface area contributed by atoms with Gasteiger partial charge in [0.2, 0.25) is 0 Å². The molecule has 0 amide bonds. The molecule has 158 valence electrons. The van der Waals surface area contributed by atoms with Gasteiger partial charge in [-0.3, -0.25) is 4.79 Å². The predicted molar refractivity (Wildman–Crippen MR) is 101 cm³/mol. The number of alkyl halides is 4. The Labute approximate surface area is 173 Å². The number of ether oxygens (including phenoxy) is 2. The van der Waals surface area contributed by atoms with Crippen LogP contribution in [-0.4, -0.2) is 30.2 Å². The van der Waals surface area contributed by atoms with Gasteiger partial charge in [0.05, 0.1) is 18.6 Å². The first-order chi connectivity index (χ1) is 13.6. The van der Waals surface area contributed by atoms with Crippen LogP contribution in [0.2, 0.25) is 0 Å². The van der Waals surface area contributed by atoms with Gasteiger partial charge in [-0.15, -0.1) is 0 Å². The van der Waals surface area contributed by atoms with E-state index in [1.807, 2.05) is 0 Å². The van der Waals surface area contributed by atoms with Crippen LogP contribution < -0.4 is 4.74 Å². The highest BCUT2D eigenvalue weighted by molar-refractivity contribution is 9.10. The molecule has 0 bridgehead atoms. The largest absolute Gasteiger partial charge is 0.466 e. The summed E-state index contributed by atoms with van der Waals surface area (Å²) < 4.78 is 60.9. The third-order valence-electron chi connectivity index (χ3n) is 4.04. The number of carbonyl (C=O) groups excluding carboxylic acids is 1. The van der Waals surface area contributed by atoms with Gasteiger partial charge in [-0.25, -0.2) is 0 Å². The molecular formula is C20H19BrF4O4. The molecule has 2 aromatic rings. The van der Waals surface area contributed by atoms with E-state index in [4.69, 9.17) is 4.74 Å².